The van der Waals surface area contributed by atoms with Gasteiger partial charge in [0.1, 0.15) is 4.32 Å². The van der Waals surface area contributed by atoms with Gasteiger partial charge in [-0.2, -0.15) is 0 Å². The van der Waals surface area contributed by atoms with E-state index in [0.717, 1.165) is 10.2 Å². The van der Waals surface area contributed by atoms with Gasteiger partial charge in [-0.1, -0.05) is 50.7 Å². The summed E-state index contributed by atoms with van der Waals surface area (Å²) in [6.07, 6.45) is 4.01. The lowest BCUT2D eigenvalue weighted by Crippen LogP contribution is -2.24. The highest BCUT2D eigenvalue weighted by atomic mass is 32.2. The number of thioether (sulfide) groups is 1. The van der Waals surface area contributed by atoms with Crippen LogP contribution >= 0.6 is 24.0 Å². The quantitative estimate of drug-likeness (QED) is 0.514. The van der Waals surface area contributed by atoms with Crippen molar-refractivity contribution in [2.45, 2.75) is 33.1 Å². The third-order valence-electron chi connectivity index (χ3n) is 2.30. The molecule has 1 saturated heterocycles. The standard InChI is InChI=1S/C10H19NS2/c1-9(2)5-3-4-6-11-7-8-13-10(11)12/h9H,3-8H2,1-2H3. The van der Waals surface area contributed by atoms with E-state index in [4.69, 9.17) is 12.2 Å². The third kappa shape index (κ3) is 4.32. The van der Waals surface area contributed by atoms with E-state index in [2.05, 4.69) is 18.7 Å². The third-order valence-corrected chi connectivity index (χ3v) is 3.81. The molecule has 0 radical (unpaired) electrons. The minimum atomic E-state index is 0.847. The van der Waals surface area contributed by atoms with E-state index in [1.165, 1.54) is 38.1 Å². The monoisotopic (exact) mass is 217 g/mol. The first kappa shape index (κ1) is 11.3. The summed E-state index contributed by atoms with van der Waals surface area (Å²) in [6, 6.07) is 0. The van der Waals surface area contributed by atoms with Crippen molar-refractivity contribution in [3.05, 3.63) is 0 Å². The Balaban J connectivity index is 2.02. The summed E-state index contributed by atoms with van der Waals surface area (Å²) in [4.78, 5) is 2.35. The molecule has 0 bridgehead atoms. The van der Waals surface area contributed by atoms with Crippen LogP contribution in [-0.4, -0.2) is 28.1 Å². The van der Waals surface area contributed by atoms with Crippen LogP contribution in [0.3, 0.4) is 0 Å². The molecule has 0 aromatic rings. The first-order valence-corrected chi connectivity index (χ1v) is 6.51. The number of hydrogen-bond donors (Lipinski definition) is 0. The van der Waals surface area contributed by atoms with E-state index in [-0.39, 0.29) is 0 Å². The Kier molecular flexibility index (Phi) is 5.10. The highest BCUT2D eigenvalue weighted by Gasteiger charge is 2.15. The molecule has 1 nitrogen and oxygen atoms in total. The largest absolute Gasteiger partial charge is 0.357 e. The van der Waals surface area contributed by atoms with Gasteiger partial charge in [0.25, 0.3) is 0 Å². The zero-order valence-corrected chi connectivity index (χ0v) is 10.2. The Bertz CT molecular complexity index is 168. The molecule has 0 aliphatic carbocycles. The lowest BCUT2D eigenvalue weighted by Gasteiger charge is -2.16. The molecule has 1 rings (SSSR count). The van der Waals surface area contributed by atoms with Crippen molar-refractivity contribution in [1.29, 1.82) is 0 Å². The van der Waals surface area contributed by atoms with Gasteiger partial charge in [-0.15, -0.1) is 0 Å². The maximum Gasteiger partial charge on any atom is 0.136 e. The number of thiocarbonyl (C=S) groups is 1. The topological polar surface area (TPSA) is 3.24 Å². The molecule has 0 amide bonds. The van der Waals surface area contributed by atoms with E-state index >= 15 is 0 Å². The number of nitrogens with zero attached hydrogens (tertiary/aromatic N) is 1. The molecule has 0 aromatic carbocycles. The molecule has 1 fully saturated rings. The molecule has 3 heteroatoms. The van der Waals surface area contributed by atoms with Crippen molar-refractivity contribution >= 4 is 28.3 Å². The van der Waals surface area contributed by atoms with Crippen molar-refractivity contribution in [3.8, 4) is 0 Å². The van der Waals surface area contributed by atoms with Crippen LogP contribution in [0.4, 0.5) is 0 Å². The van der Waals surface area contributed by atoms with E-state index in [9.17, 15) is 0 Å². The summed E-state index contributed by atoms with van der Waals surface area (Å²) in [6.45, 7) is 6.93. The first-order chi connectivity index (χ1) is 6.20. The van der Waals surface area contributed by atoms with Gasteiger partial charge in [-0.05, 0) is 12.3 Å². The molecule has 0 atom stereocenters. The minimum Gasteiger partial charge on any atom is -0.357 e. The summed E-state index contributed by atoms with van der Waals surface area (Å²) in [7, 11) is 0. The predicted molar refractivity (Wildman–Crippen MR) is 65.3 cm³/mol. The fraction of sp³-hybridized carbons (Fsp3) is 0.900. The highest BCUT2D eigenvalue weighted by Crippen LogP contribution is 2.18. The van der Waals surface area contributed by atoms with Crippen LogP contribution in [0.2, 0.25) is 0 Å². The Labute approximate surface area is 91.3 Å². The van der Waals surface area contributed by atoms with Gasteiger partial charge >= 0.3 is 0 Å². The predicted octanol–water partition coefficient (Wildman–Crippen LogP) is 3.15. The van der Waals surface area contributed by atoms with Crippen molar-refractivity contribution in [2.24, 2.45) is 5.92 Å². The molecule has 0 saturated carbocycles. The van der Waals surface area contributed by atoms with Gasteiger partial charge in [-0.3, -0.25) is 0 Å². The number of hydrogen-bond acceptors (Lipinski definition) is 2. The Morgan fingerprint density at radius 3 is 2.77 bits per heavy atom. The average molecular weight is 217 g/mol. The van der Waals surface area contributed by atoms with Crippen LogP contribution in [0.15, 0.2) is 0 Å². The van der Waals surface area contributed by atoms with Gasteiger partial charge in [0.15, 0.2) is 0 Å². The first-order valence-electron chi connectivity index (χ1n) is 5.12. The molecule has 0 aromatic heterocycles. The summed E-state index contributed by atoms with van der Waals surface area (Å²) in [5.41, 5.74) is 0. The lowest BCUT2D eigenvalue weighted by molar-refractivity contribution is 0.429. The van der Waals surface area contributed by atoms with E-state index in [1.807, 2.05) is 11.8 Å². The molecule has 1 heterocycles. The lowest BCUT2D eigenvalue weighted by atomic mass is 10.1. The van der Waals surface area contributed by atoms with Crippen molar-refractivity contribution in [3.63, 3.8) is 0 Å². The molecule has 0 unspecified atom stereocenters. The van der Waals surface area contributed by atoms with Crippen LogP contribution in [0, 0.1) is 5.92 Å². The summed E-state index contributed by atoms with van der Waals surface area (Å²) >= 11 is 7.06. The van der Waals surface area contributed by atoms with Crippen LogP contribution in [0.25, 0.3) is 0 Å². The Hall–Kier alpha value is 0.240. The second-order valence-electron chi connectivity index (χ2n) is 3.99. The molecule has 76 valence electrons. The molecule has 1 aliphatic heterocycles. The minimum absolute atomic E-state index is 0.847. The molecule has 13 heavy (non-hydrogen) atoms. The van der Waals surface area contributed by atoms with Gasteiger partial charge < -0.3 is 4.90 Å². The molecule has 1 aliphatic rings. The van der Waals surface area contributed by atoms with Gasteiger partial charge in [0.2, 0.25) is 0 Å². The average Bonchev–Trinajstić information content (AvgIpc) is 2.45. The van der Waals surface area contributed by atoms with Crippen LogP contribution < -0.4 is 0 Å². The van der Waals surface area contributed by atoms with Crippen molar-refractivity contribution in [1.82, 2.24) is 4.90 Å². The summed E-state index contributed by atoms with van der Waals surface area (Å²) in [5, 5.41) is 0. The number of rotatable bonds is 5. The van der Waals surface area contributed by atoms with Gasteiger partial charge in [0.05, 0.1) is 0 Å². The van der Waals surface area contributed by atoms with Crippen LogP contribution in [0.5, 0.6) is 0 Å². The normalized spacial score (nSPS) is 17.5. The van der Waals surface area contributed by atoms with Gasteiger partial charge in [0, 0.05) is 18.8 Å². The Morgan fingerprint density at radius 1 is 1.46 bits per heavy atom. The summed E-state index contributed by atoms with van der Waals surface area (Å²) < 4.78 is 1.12. The van der Waals surface area contributed by atoms with E-state index in [1.54, 1.807) is 0 Å². The zero-order valence-electron chi connectivity index (χ0n) is 8.58. The number of unbranched alkanes of at least 4 members (excludes halogenated alkanes) is 1. The smallest absolute Gasteiger partial charge is 0.136 e. The maximum atomic E-state index is 5.23. The zero-order chi connectivity index (χ0) is 9.68. The maximum absolute atomic E-state index is 5.23. The molecule has 0 N–H and O–H groups in total. The fourth-order valence-corrected chi connectivity index (χ4v) is 2.77. The van der Waals surface area contributed by atoms with Crippen LogP contribution in [0.1, 0.15) is 33.1 Å². The SMILES string of the molecule is CC(C)CCCCN1CCSC1=S. The second-order valence-corrected chi connectivity index (χ2v) is 5.72. The highest BCUT2D eigenvalue weighted by molar-refractivity contribution is 8.23. The van der Waals surface area contributed by atoms with Crippen molar-refractivity contribution in [2.75, 3.05) is 18.8 Å². The van der Waals surface area contributed by atoms with Gasteiger partial charge in [-0.25, -0.2) is 0 Å². The fourth-order valence-electron chi connectivity index (χ4n) is 1.48. The van der Waals surface area contributed by atoms with Crippen LogP contribution in [-0.2, 0) is 0 Å². The molecule has 0 spiro atoms. The summed E-state index contributed by atoms with van der Waals surface area (Å²) in [5.74, 6) is 2.04. The van der Waals surface area contributed by atoms with E-state index < -0.39 is 0 Å². The second kappa shape index (κ2) is 5.86. The molecular formula is C10H19NS2. The van der Waals surface area contributed by atoms with E-state index in [0.29, 0.717) is 0 Å². The Morgan fingerprint density at radius 2 is 2.23 bits per heavy atom. The van der Waals surface area contributed by atoms with Crippen molar-refractivity contribution < 1.29 is 0 Å². The molecular weight excluding hydrogens is 198 g/mol.